The second kappa shape index (κ2) is 6.63. The Morgan fingerprint density at radius 2 is 1.80 bits per heavy atom. The highest BCUT2D eigenvalue weighted by Crippen LogP contribution is 2.15. The summed E-state index contributed by atoms with van der Waals surface area (Å²) in [5, 5.41) is 3.27. The van der Waals surface area contributed by atoms with Crippen molar-refractivity contribution in [3.8, 4) is 0 Å². The van der Waals surface area contributed by atoms with Gasteiger partial charge in [-0.05, 0) is 17.7 Å². The van der Waals surface area contributed by atoms with E-state index in [9.17, 15) is 8.42 Å². The van der Waals surface area contributed by atoms with E-state index in [1.54, 1.807) is 6.20 Å². The first-order chi connectivity index (χ1) is 9.54. The first kappa shape index (κ1) is 14.7. The molecule has 2 aromatic rings. The molecule has 0 fully saturated rings. The van der Waals surface area contributed by atoms with Crippen molar-refractivity contribution in [3.63, 3.8) is 0 Å². The molecule has 1 unspecified atom stereocenters. The third-order valence-electron chi connectivity index (χ3n) is 2.93. The van der Waals surface area contributed by atoms with Gasteiger partial charge in [0.15, 0.2) is 0 Å². The average molecular weight is 290 g/mol. The maximum atomic E-state index is 11.6. The number of pyridine rings is 1. The lowest BCUT2D eigenvalue weighted by Gasteiger charge is -2.18. The van der Waals surface area contributed by atoms with Gasteiger partial charge in [0.05, 0.1) is 11.4 Å². The lowest BCUT2D eigenvalue weighted by atomic mass is 10.1. The van der Waals surface area contributed by atoms with Gasteiger partial charge in [-0.2, -0.15) is 0 Å². The standard InChI is InChI=1S/C15H18N2O2S/c1-20(18,19)12-15(13-7-3-2-4-8-13)17-11-14-9-5-6-10-16-14/h2-10,15,17H,11-12H2,1H3. The van der Waals surface area contributed by atoms with Crippen molar-refractivity contribution >= 4 is 9.84 Å². The molecule has 0 amide bonds. The topological polar surface area (TPSA) is 59.1 Å². The van der Waals surface area contributed by atoms with Crippen molar-refractivity contribution in [2.24, 2.45) is 0 Å². The van der Waals surface area contributed by atoms with Gasteiger partial charge in [0.25, 0.3) is 0 Å². The van der Waals surface area contributed by atoms with E-state index >= 15 is 0 Å². The molecule has 0 radical (unpaired) electrons. The highest BCUT2D eigenvalue weighted by molar-refractivity contribution is 7.90. The molecule has 106 valence electrons. The molecule has 0 bridgehead atoms. The Morgan fingerprint density at radius 3 is 2.40 bits per heavy atom. The summed E-state index contributed by atoms with van der Waals surface area (Å²) in [5.74, 6) is 0.0733. The van der Waals surface area contributed by atoms with Crippen LogP contribution in [0.2, 0.25) is 0 Å². The summed E-state index contributed by atoms with van der Waals surface area (Å²) in [7, 11) is -3.06. The van der Waals surface area contributed by atoms with Crippen molar-refractivity contribution in [1.82, 2.24) is 10.3 Å². The Labute approximate surface area is 119 Å². The molecule has 20 heavy (non-hydrogen) atoms. The van der Waals surface area contributed by atoms with Crippen molar-refractivity contribution < 1.29 is 8.42 Å². The summed E-state index contributed by atoms with van der Waals surface area (Å²) in [6.45, 7) is 0.538. The van der Waals surface area contributed by atoms with Crippen LogP contribution in [0.15, 0.2) is 54.7 Å². The minimum Gasteiger partial charge on any atom is -0.303 e. The molecular weight excluding hydrogens is 272 g/mol. The predicted molar refractivity (Wildman–Crippen MR) is 80.0 cm³/mol. The monoisotopic (exact) mass is 290 g/mol. The van der Waals surface area contributed by atoms with Crippen LogP contribution < -0.4 is 5.32 Å². The van der Waals surface area contributed by atoms with Crippen LogP contribution in [0.4, 0.5) is 0 Å². The van der Waals surface area contributed by atoms with Gasteiger partial charge < -0.3 is 5.32 Å². The van der Waals surface area contributed by atoms with E-state index < -0.39 is 9.84 Å². The number of nitrogens with one attached hydrogen (secondary N) is 1. The van der Waals surface area contributed by atoms with Crippen molar-refractivity contribution in [3.05, 3.63) is 66.0 Å². The van der Waals surface area contributed by atoms with Crippen LogP contribution in [-0.4, -0.2) is 25.4 Å². The van der Waals surface area contributed by atoms with Crippen molar-refractivity contribution in [1.29, 1.82) is 0 Å². The first-order valence-electron chi connectivity index (χ1n) is 6.40. The smallest absolute Gasteiger partial charge is 0.149 e. The molecule has 5 heteroatoms. The van der Waals surface area contributed by atoms with E-state index in [0.29, 0.717) is 6.54 Å². The fourth-order valence-corrected chi connectivity index (χ4v) is 2.91. The molecule has 0 saturated heterocycles. The van der Waals surface area contributed by atoms with Gasteiger partial charge in [0.1, 0.15) is 9.84 Å². The molecule has 1 atom stereocenters. The minimum absolute atomic E-state index is 0.0733. The zero-order valence-electron chi connectivity index (χ0n) is 11.4. The molecule has 0 aliphatic heterocycles. The SMILES string of the molecule is CS(=O)(=O)CC(NCc1ccccn1)c1ccccc1. The van der Waals surface area contributed by atoms with Gasteiger partial charge >= 0.3 is 0 Å². The summed E-state index contributed by atoms with van der Waals surface area (Å²) < 4.78 is 23.1. The number of hydrogen-bond donors (Lipinski definition) is 1. The second-order valence-corrected chi connectivity index (χ2v) is 6.94. The number of hydrogen-bond acceptors (Lipinski definition) is 4. The number of aromatic nitrogens is 1. The first-order valence-corrected chi connectivity index (χ1v) is 8.46. The zero-order valence-corrected chi connectivity index (χ0v) is 12.2. The molecule has 1 heterocycles. The van der Waals surface area contributed by atoms with Crippen LogP contribution in [0, 0.1) is 0 Å². The highest BCUT2D eigenvalue weighted by atomic mass is 32.2. The van der Waals surface area contributed by atoms with Crippen molar-refractivity contribution in [2.75, 3.05) is 12.0 Å². The maximum absolute atomic E-state index is 11.6. The third-order valence-corrected chi connectivity index (χ3v) is 3.87. The number of sulfone groups is 1. The number of rotatable bonds is 6. The number of nitrogens with zero attached hydrogens (tertiary/aromatic N) is 1. The van der Waals surface area contributed by atoms with Crippen LogP contribution in [0.3, 0.4) is 0 Å². The maximum Gasteiger partial charge on any atom is 0.149 e. The Kier molecular flexibility index (Phi) is 4.87. The lowest BCUT2D eigenvalue weighted by molar-refractivity contribution is 0.547. The summed E-state index contributed by atoms with van der Waals surface area (Å²) in [5.41, 5.74) is 1.86. The largest absolute Gasteiger partial charge is 0.303 e. The van der Waals surface area contributed by atoms with E-state index in [-0.39, 0.29) is 11.8 Å². The molecule has 0 aliphatic rings. The molecule has 1 aromatic heterocycles. The normalized spacial score (nSPS) is 13.1. The van der Waals surface area contributed by atoms with Crippen LogP contribution in [0.25, 0.3) is 0 Å². The van der Waals surface area contributed by atoms with E-state index in [2.05, 4.69) is 10.3 Å². The van der Waals surface area contributed by atoms with E-state index in [4.69, 9.17) is 0 Å². The molecule has 0 saturated carbocycles. The minimum atomic E-state index is -3.06. The van der Waals surface area contributed by atoms with Gasteiger partial charge in [-0.1, -0.05) is 36.4 Å². The van der Waals surface area contributed by atoms with Crippen LogP contribution >= 0.6 is 0 Å². The van der Waals surface area contributed by atoms with Gasteiger partial charge in [-0.15, -0.1) is 0 Å². The third kappa shape index (κ3) is 4.75. The van der Waals surface area contributed by atoms with E-state index in [1.165, 1.54) is 6.26 Å². The van der Waals surface area contributed by atoms with Crippen LogP contribution in [0.5, 0.6) is 0 Å². The summed E-state index contributed by atoms with van der Waals surface area (Å²) in [4.78, 5) is 4.23. The molecule has 1 N–H and O–H groups in total. The Bertz CT molecular complexity index is 627. The van der Waals surface area contributed by atoms with Crippen molar-refractivity contribution in [2.45, 2.75) is 12.6 Å². The van der Waals surface area contributed by atoms with Crippen LogP contribution in [0.1, 0.15) is 17.3 Å². The quantitative estimate of drug-likeness (QED) is 0.883. The van der Waals surface area contributed by atoms with Gasteiger partial charge in [-0.25, -0.2) is 8.42 Å². The molecule has 2 rings (SSSR count). The summed E-state index contributed by atoms with van der Waals surface area (Å²) in [6, 6.07) is 15.1. The molecule has 0 aliphatic carbocycles. The average Bonchev–Trinajstić information content (AvgIpc) is 2.44. The fraction of sp³-hybridized carbons (Fsp3) is 0.267. The van der Waals surface area contributed by atoms with Gasteiger partial charge in [-0.3, -0.25) is 4.98 Å². The summed E-state index contributed by atoms with van der Waals surface area (Å²) in [6.07, 6.45) is 2.98. The highest BCUT2D eigenvalue weighted by Gasteiger charge is 2.16. The summed E-state index contributed by atoms with van der Waals surface area (Å²) >= 11 is 0. The second-order valence-electron chi connectivity index (χ2n) is 4.76. The lowest BCUT2D eigenvalue weighted by Crippen LogP contribution is -2.27. The van der Waals surface area contributed by atoms with Crippen LogP contribution in [-0.2, 0) is 16.4 Å². The van der Waals surface area contributed by atoms with Gasteiger partial charge in [0, 0.05) is 25.0 Å². The Hall–Kier alpha value is -1.72. The molecule has 0 spiro atoms. The Morgan fingerprint density at radius 1 is 1.10 bits per heavy atom. The predicted octanol–water partition coefficient (Wildman–Crippen LogP) is 1.96. The zero-order chi connectivity index (χ0) is 14.4. The molecule has 1 aromatic carbocycles. The van der Waals surface area contributed by atoms with Gasteiger partial charge in [0.2, 0.25) is 0 Å². The van der Waals surface area contributed by atoms with E-state index in [0.717, 1.165) is 11.3 Å². The fourth-order valence-electron chi connectivity index (χ4n) is 1.99. The molecule has 4 nitrogen and oxygen atoms in total. The van der Waals surface area contributed by atoms with E-state index in [1.807, 2.05) is 48.5 Å². The number of benzene rings is 1. The molecular formula is C15H18N2O2S. The Balaban J connectivity index is 2.11.